The highest BCUT2D eigenvalue weighted by Gasteiger charge is 2.18. The number of unbranched alkanes of at least 4 members (excludes halogenated alkanes) is 65. The first-order chi connectivity index (χ1) is 45.5. The van der Waals surface area contributed by atoms with Crippen molar-refractivity contribution in [2.75, 3.05) is 13.2 Å². The molecule has 0 fully saturated rings. The lowest BCUT2D eigenvalue weighted by Crippen LogP contribution is -2.45. The molecular weight excluding hydrogens is 1130 g/mol. The molecule has 0 aromatic carbocycles. The van der Waals surface area contributed by atoms with Gasteiger partial charge in [-0.25, -0.2) is 0 Å². The van der Waals surface area contributed by atoms with Gasteiger partial charge in [-0.1, -0.05) is 416 Å². The minimum Gasteiger partial charge on any atom is -0.466 e. The second kappa shape index (κ2) is 81.5. The molecule has 3 N–H and O–H groups in total. The van der Waals surface area contributed by atoms with Gasteiger partial charge in [0, 0.05) is 12.8 Å². The van der Waals surface area contributed by atoms with Crippen LogP contribution in [0.1, 0.15) is 476 Å². The van der Waals surface area contributed by atoms with Crippen LogP contribution in [-0.4, -0.2) is 47.4 Å². The van der Waals surface area contributed by atoms with Gasteiger partial charge < -0.3 is 20.3 Å². The first-order valence-electron chi connectivity index (χ1n) is 42.3. The third-order valence-corrected chi connectivity index (χ3v) is 19.9. The fourth-order valence-corrected chi connectivity index (χ4v) is 13.5. The minimum absolute atomic E-state index is 0.0192. The summed E-state index contributed by atoms with van der Waals surface area (Å²) in [6.07, 6.45) is 107. The SMILES string of the molecule is CCCCCCCCC/C=C\CCCCCCCCCC(=O)OCCCCCCCCCCCCCCCCCC/C=C\CCCCCCCCCCCCCCCCCCCC(=O)NC(CO)C(O)/C=C/CCCCCCCCCCCCCCCCCCCC. The number of carbonyl (C=O) groups is 2. The number of hydrogen-bond acceptors (Lipinski definition) is 5. The summed E-state index contributed by atoms with van der Waals surface area (Å²) in [5.74, 6) is -0.0402. The number of esters is 1. The molecule has 0 spiro atoms. The van der Waals surface area contributed by atoms with Gasteiger partial charge in [0.25, 0.3) is 0 Å². The molecule has 0 aliphatic heterocycles. The summed E-state index contributed by atoms with van der Waals surface area (Å²) in [5, 5.41) is 23.3. The lowest BCUT2D eigenvalue weighted by Gasteiger charge is -2.20. The second-order valence-corrected chi connectivity index (χ2v) is 29.2. The zero-order chi connectivity index (χ0) is 66.3. The van der Waals surface area contributed by atoms with Gasteiger partial charge in [-0.3, -0.25) is 9.59 Å². The van der Waals surface area contributed by atoms with E-state index in [4.69, 9.17) is 4.74 Å². The lowest BCUT2D eigenvalue weighted by atomic mass is 10.0. The molecular formula is C86H165NO5. The fourth-order valence-electron chi connectivity index (χ4n) is 13.5. The molecule has 2 atom stereocenters. The third-order valence-electron chi connectivity index (χ3n) is 19.9. The van der Waals surface area contributed by atoms with E-state index < -0.39 is 12.1 Å². The maximum absolute atomic E-state index is 12.5. The van der Waals surface area contributed by atoms with E-state index in [-0.39, 0.29) is 18.5 Å². The van der Waals surface area contributed by atoms with E-state index in [0.29, 0.717) is 19.4 Å². The van der Waals surface area contributed by atoms with Crippen molar-refractivity contribution in [3.63, 3.8) is 0 Å². The van der Waals surface area contributed by atoms with E-state index in [2.05, 4.69) is 43.5 Å². The fraction of sp³-hybridized carbons (Fsp3) is 0.907. The average molecular weight is 1290 g/mol. The quantitative estimate of drug-likeness (QED) is 0.0320. The van der Waals surface area contributed by atoms with E-state index in [1.165, 1.54) is 411 Å². The zero-order valence-corrected chi connectivity index (χ0v) is 62.6. The van der Waals surface area contributed by atoms with E-state index in [0.717, 1.165) is 38.5 Å². The topological polar surface area (TPSA) is 95.9 Å². The Hall–Kier alpha value is -1.92. The van der Waals surface area contributed by atoms with Crippen LogP contribution in [0.4, 0.5) is 0 Å². The van der Waals surface area contributed by atoms with Crippen molar-refractivity contribution < 1.29 is 24.5 Å². The molecule has 0 saturated carbocycles. The van der Waals surface area contributed by atoms with Crippen molar-refractivity contribution >= 4 is 11.9 Å². The highest BCUT2D eigenvalue weighted by molar-refractivity contribution is 5.76. The molecule has 6 heteroatoms. The molecule has 0 bridgehead atoms. The Morgan fingerprint density at radius 2 is 0.511 bits per heavy atom. The molecule has 0 aliphatic rings. The van der Waals surface area contributed by atoms with Crippen molar-refractivity contribution in [2.45, 2.75) is 488 Å². The number of aliphatic hydroxyl groups excluding tert-OH is 2. The number of rotatable bonds is 80. The highest BCUT2D eigenvalue weighted by Crippen LogP contribution is 2.20. The first-order valence-corrected chi connectivity index (χ1v) is 42.3. The number of nitrogens with one attached hydrogen (secondary N) is 1. The van der Waals surface area contributed by atoms with Crippen LogP contribution in [0.5, 0.6) is 0 Å². The highest BCUT2D eigenvalue weighted by atomic mass is 16.5. The van der Waals surface area contributed by atoms with Crippen molar-refractivity contribution in [3.05, 3.63) is 36.5 Å². The van der Waals surface area contributed by atoms with Crippen LogP contribution in [0.25, 0.3) is 0 Å². The molecule has 0 heterocycles. The van der Waals surface area contributed by atoms with Gasteiger partial charge in [0.05, 0.1) is 25.4 Å². The van der Waals surface area contributed by atoms with E-state index in [1.54, 1.807) is 6.08 Å². The van der Waals surface area contributed by atoms with Crippen molar-refractivity contribution in [3.8, 4) is 0 Å². The number of amides is 1. The largest absolute Gasteiger partial charge is 0.466 e. The van der Waals surface area contributed by atoms with Crippen LogP contribution in [-0.2, 0) is 14.3 Å². The summed E-state index contributed by atoms with van der Waals surface area (Å²) < 4.78 is 5.52. The summed E-state index contributed by atoms with van der Waals surface area (Å²) in [5.41, 5.74) is 0. The van der Waals surface area contributed by atoms with Crippen LogP contribution < -0.4 is 5.32 Å². The molecule has 0 saturated heterocycles. The summed E-state index contributed by atoms with van der Waals surface area (Å²) in [7, 11) is 0. The molecule has 2 unspecified atom stereocenters. The molecule has 6 nitrogen and oxygen atoms in total. The summed E-state index contributed by atoms with van der Waals surface area (Å²) in [6.45, 7) is 4.95. The smallest absolute Gasteiger partial charge is 0.305 e. The van der Waals surface area contributed by atoms with Gasteiger partial charge >= 0.3 is 5.97 Å². The standard InChI is InChI=1S/C86H165NO5/c1-3-5-7-9-11-13-15-17-19-21-23-43-46-50-54-58-62-66-70-74-78-84(89)83(82-88)87-85(90)79-75-71-67-63-59-55-51-47-44-41-39-37-35-33-31-29-27-25-24-26-28-30-32-34-36-38-40-42-45-49-53-57-61-65-69-73-77-81-92-86(91)80-76-72-68-64-60-56-52-48-22-20-18-16-14-12-10-8-6-4-2/h20,22,24,26,74,78,83-84,88-89H,3-19,21,23,25,27-73,75-77,79-82H2,1-2H3,(H,87,90)/b22-20-,26-24-,78-74+. The Morgan fingerprint density at radius 1 is 0.293 bits per heavy atom. The van der Waals surface area contributed by atoms with Gasteiger partial charge in [-0.2, -0.15) is 0 Å². The predicted octanol–water partition coefficient (Wildman–Crippen LogP) is 28.2. The Morgan fingerprint density at radius 3 is 0.772 bits per heavy atom. The number of aliphatic hydroxyl groups is 2. The average Bonchev–Trinajstić information content (AvgIpc) is 3.77. The predicted molar refractivity (Wildman–Crippen MR) is 407 cm³/mol. The van der Waals surface area contributed by atoms with Crippen LogP contribution >= 0.6 is 0 Å². The first kappa shape index (κ1) is 90.1. The molecule has 0 aliphatic carbocycles. The van der Waals surface area contributed by atoms with Crippen LogP contribution in [0.3, 0.4) is 0 Å². The maximum Gasteiger partial charge on any atom is 0.305 e. The normalized spacial score (nSPS) is 12.6. The van der Waals surface area contributed by atoms with Gasteiger partial charge in [-0.05, 0) is 83.5 Å². The second-order valence-electron chi connectivity index (χ2n) is 29.2. The number of hydrogen-bond donors (Lipinski definition) is 3. The lowest BCUT2D eigenvalue weighted by molar-refractivity contribution is -0.143. The van der Waals surface area contributed by atoms with Crippen LogP contribution in [0, 0.1) is 0 Å². The van der Waals surface area contributed by atoms with E-state index in [1.807, 2.05) is 6.08 Å². The van der Waals surface area contributed by atoms with Gasteiger partial charge in [0.15, 0.2) is 0 Å². The molecule has 0 radical (unpaired) electrons. The number of allylic oxidation sites excluding steroid dienone is 5. The Kier molecular flexibility index (Phi) is 79.8. The Labute approximate surface area is 576 Å². The summed E-state index contributed by atoms with van der Waals surface area (Å²) in [6, 6.07) is -0.626. The van der Waals surface area contributed by atoms with Gasteiger partial charge in [0.1, 0.15) is 0 Å². The number of carbonyl (C=O) groups excluding carboxylic acids is 2. The third kappa shape index (κ3) is 77.1. The Balaban J connectivity index is 3.34. The number of ether oxygens (including phenoxy) is 1. The van der Waals surface area contributed by atoms with Gasteiger partial charge in [0.2, 0.25) is 5.91 Å². The Bertz CT molecular complexity index is 1490. The maximum atomic E-state index is 12.5. The van der Waals surface area contributed by atoms with Crippen LogP contribution in [0.2, 0.25) is 0 Å². The monoisotopic (exact) mass is 1290 g/mol. The molecule has 0 aromatic heterocycles. The van der Waals surface area contributed by atoms with Crippen molar-refractivity contribution in [1.29, 1.82) is 0 Å². The zero-order valence-electron chi connectivity index (χ0n) is 62.6. The van der Waals surface area contributed by atoms with Crippen molar-refractivity contribution in [1.82, 2.24) is 5.32 Å². The summed E-state index contributed by atoms with van der Waals surface area (Å²) >= 11 is 0. The van der Waals surface area contributed by atoms with Gasteiger partial charge in [-0.15, -0.1) is 0 Å². The van der Waals surface area contributed by atoms with Crippen molar-refractivity contribution in [2.24, 2.45) is 0 Å². The molecule has 0 rings (SSSR count). The summed E-state index contributed by atoms with van der Waals surface area (Å²) in [4.78, 5) is 24.7. The molecule has 0 aromatic rings. The minimum atomic E-state index is -0.843. The molecule has 1 amide bonds. The molecule has 92 heavy (non-hydrogen) atoms. The van der Waals surface area contributed by atoms with Crippen LogP contribution in [0.15, 0.2) is 36.5 Å². The van der Waals surface area contributed by atoms with E-state index >= 15 is 0 Å². The molecule has 544 valence electrons. The van der Waals surface area contributed by atoms with E-state index in [9.17, 15) is 19.8 Å².